The Morgan fingerprint density at radius 3 is 3.00 bits per heavy atom. The highest BCUT2D eigenvalue weighted by Gasteiger charge is 2.21. The Morgan fingerprint density at radius 2 is 2.28 bits per heavy atom. The number of hydrogen-bond acceptors (Lipinski definition) is 3. The van der Waals surface area contributed by atoms with Gasteiger partial charge in [0.25, 0.3) is 0 Å². The average molecular weight is 249 g/mol. The van der Waals surface area contributed by atoms with Crippen LogP contribution in [0.1, 0.15) is 30.0 Å². The molecular formula is C14H19NO3. The monoisotopic (exact) mass is 249 g/mol. The van der Waals surface area contributed by atoms with Crippen LogP contribution in [0.3, 0.4) is 0 Å². The lowest BCUT2D eigenvalue weighted by Gasteiger charge is -2.26. The number of aryl methyl sites for hydroxylation is 1. The number of rotatable bonds is 4. The largest absolute Gasteiger partial charge is 0.497 e. The number of carbonyl (C=O) groups is 1. The standard InChI is InChI=1S/C14H19NO3/c1-17-9-14(16)15-13-5-3-4-10-8-11(18-2)6-7-12(10)13/h6-8,13H,3-5,9H2,1-2H3,(H,15,16)/t13-/m0/s1. The second kappa shape index (κ2) is 5.87. The molecule has 0 bridgehead atoms. The molecule has 2 rings (SSSR count). The maximum absolute atomic E-state index is 11.6. The normalized spacial score (nSPS) is 18.0. The third-order valence-electron chi connectivity index (χ3n) is 3.28. The van der Waals surface area contributed by atoms with E-state index in [1.165, 1.54) is 18.2 Å². The Hall–Kier alpha value is -1.55. The van der Waals surface area contributed by atoms with Crippen LogP contribution in [0.15, 0.2) is 18.2 Å². The zero-order valence-corrected chi connectivity index (χ0v) is 10.9. The Bertz CT molecular complexity index is 431. The highest BCUT2D eigenvalue weighted by Crippen LogP contribution is 2.32. The molecule has 1 aromatic rings. The topological polar surface area (TPSA) is 47.6 Å². The molecule has 1 atom stereocenters. The molecule has 18 heavy (non-hydrogen) atoms. The van der Waals surface area contributed by atoms with E-state index < -0.39 is 0 Å². The van der Waals surface area contributed by atoms with Gasteiger partial charge in [0, 0.05) is 7.11 Å². The Morgan fingerprint density at radius 1 is 1.44 bits per heavy atom. The number of carbonyl (C=O) groups excluding carboxylic acids is 1. The molecule has 98 valence electrons. The van der Waals surface area contributed by atoms with Crippen LogP contribution in [0, 0.1) is 0 Å². The zero-order valence-electron chi connectivity index (χ0n) is 10.9. The fraction of sp³-hybridized carbons (Fsp3) is 0.500. The van der Waals surface area contributed by atoms with Crippen molar-refractivity contribution in [2.45, 2.75) is 25.3 Å². The number of ether oxygens (including phenoxy) is 2. The summed E-state index contributed by atoms with van der Waals surface area (Å²) in [5.74, 6) is 0.809. The number of methoxy groups -OCH3 is 2. The maximum Gasteiger partial charge on any atom is 0.246 e. The van der Waals surface area contributed by atoms with Crippen molar-refractivity contribution in [1.29, 1.82) is 0 Å². The van der Waals surface area contributed by atoms with E-state index in [0.29, 0.717) is 0 Å². The Kier molecular flexibility index (Phi) is 4.20. The SMILES string of the molecule is COCC(=O)N[C@H]1CCCc2cc(OC)ccc21. The van der Waals surface area contributed by atoms with Crippen molar-refractivity contribution in [2.24, 2.45) is 0 Å². The van der Waals surface area contributed by atoms with Crippen LogP contribution >= 0.6 is 0 Å². The second-order valence-electron chi connectivity index (χ2n) is 4.51. The smallest absolute Gasteiger partial charge is 0.246 e. The minimum atomic E-state index is -0.0637. The van der Waals surface area contributed by atoms with E-state index >= 15 is 0 Å². The molecule has 1 aliphatic carbocycles. The highest BCUT2D eigenvalue weighted by atomic mass is 16.5. The van der Waals surface area contributed by atoms with E-state index in [1.807, 2.05) is 12.1 Å². The van der Waals surface area contributed by atoms with Crippen molar-refractivity contribution in [3.05, 3.63) is 29.3 Å². The molecule has 0 unspecified atom stereocenters. The molecule has 0 radical (unpaired) electrons. The molecule has 0 heterocycles. The minimum absolute atomic E-state index is 0.0637. The molecule has 1 aromatic carbocycles. The molecule has 1 N–H and O–H groups in total. The summed E-state index contributed by atoms with van der Waals surface area (Å²) in [6.45, 7) is 0.113. The third kappa shape index (κ3) is 2.82. The van der Waals surface area contributed by atoms with Gasteiger partial charge in [-0.3, -0.25) is 4.79 Å². The maximum atomic E-state index is 11.6. The number of hydrogen-bond donors (Lipinski definition) is 1. The summed E-state index contributed by atoms with van der Waals surface area (Å²) in [4.78, 5) is 11.6. The van der Waals surface area contributed by atoms with Crippen molar-refractivity contribution in [1.82, 2.24) is 5.32 Å². The van der Waals surface area contributed by atoms with E-state index in [9.17, 15) is 4.79 Å². The van der Waals surface area contributed by atoms with Crippen molar-refractivity contribution in [3.8, 4) is 5.75 Å². The van der Waals surface area contributed by atoms with E-state index in [2.05, 4.69) is 11.4 Å². The summed E-state index contributed by atoms with van der Waals surface area (Å²) in [6, 6.07) is 6.15. The molecule has 0 aromatic heterocycles. The molecule has 0 aliphatic heterocycles. The lowest BCUT2D eigenvalue weighted by molar-refractivity contribution is -0.125. The first-order chi connectivity index (χ1) is 8.74. The number of nitrogens with one attached hydrogen (secondary N) is 1. The number of fused-ring (bicyclic) bond motifs is 1. The van der Waals surface area contributed by atoms with Gasteiger partial charge in [0.05, 0.1) is 13.2 Å². The van der Waals surface area contributed by atoms with E-state index in [1.54, 1.807) is 7.11 Å². The van der Waals surface area contributed by atoms with Crippen molar-refractivity contribution in [3.63, 3.8) is 0 Å². The first-order valence-electron chi connectivity index (χ1n) is 6.19. The van der Waals surface area contributed by atoms with Gasteiger partial charge in [-0.05, 0) is 42.5 Å². The first-order valence-corrected chi connectivity index (χ1v) is 6.19. The van der Waals surface area contributed by atoms with Gasteiger partial charge in [-0.2, -0.15) is 0 Å². The molecule has 4 heteroatoms. The zero-order chi connectivity index (χ0) is 13.0. The number of benzene rings is 1. The summed E-state index contributed by atoms with van der Waals surface area (Å²) in [7, 11) is 3.20. The van der Waals surface area contributed by atoms with Crippen molar-refractivity contribution < 1.29 is 14.3 Å². The van der Waals surface area contributed by atoms with Crippen LogP contribution in [0.4, 0.5) is 0 Å². The van der Waals surface area contributed by atoms with Crippen LogP contribution in [-0.2, 0) is 16.0 Å². The molecule has 0 fully saturated rings. The van der Waals surface area contributed by atoms with Crippen LogP contribution in [-0.4, -0.2) is 26.7 Å². The van der Waals surface area contributed by atoms with Gasteiger partial charge in [0.15, 0.2) is 0 Å². The fourth-order valence-electron chi connectivity index (χ4n) is 2.43. The minimum Gasteiger partial charge on any atom is -0.497 e. The van der Waals surface area contributed by atoms with Crippen LogP contribution in [0.2, 0.25) is 0 Å². The average Bonchev–Trinajstić information content (AvgIpc) is 2.38. The molecule has 0 saturated carbocycles. The lowest BCUT2D eigenvalue weighted by atomic mass is 9.87. The van der Waals surface area contributed by atoms with Gasteiger partial charge < -0.3 is 14.8 Å². The summed E-state index contributed by atoms with van der Waals surface area (Å²) < 4.78 is 10.1. The quantitative estimate of drug-likeness (QED) is 0.885. The highest BCUT2D eigenvalue weighted by molar-refractivity contribution is 5.77. The predicted octanol–water partition coefficient (Wildman–Crippen LogP) is 1.84. The first kappa shape index (κ1) is 12.9. The molecule has 0 spiro atoms. The van der Waals surface area contributed by atoms with E-state index in [4.69, 9.17) is 9.47 Å². The molecule has 1 aliphatic rings. The second-order valence-corrected chi connectivity index (χ2v) is 4.51. The predicted molar refractivity (Wildman–Crippen MR) is 68.7 cm³/mol. The van der Waals surface area contributed by atoms with E-state index in [-0.39, 0.29) is 18.6 Å². The van der Waals surface area contributed by atoms with E-state index in [0.717, 1.165) is 25.0 Å². The van der Waals surface area contributed by atoms with Gasteiger partial charge in [-0.1, -0.05) is 6.07 Å². The summed E-state index contributed by atoms with van der Waals surface area (Å²) >= 11 is 0. The van der Waals surface area contributed by atoms with Gasteiger partial charge in [-0.15, -0.1) is 0 Å². The molecular weight excluding hydrogens is 230 g/mol. The molecule has 4 nitrogen and oxygen atoms in total. The number of amides is 1. The summed E-state index contributed by atoms with van der Waals surface area (Å²) in [5.41, 5.74) is 2.47. The lowest BCUT2D eigenvalue weighted by Crippen LogP contribution is -2.33. The molecule has 0 saturated heterocycles. The Balaban J connectivity index is 2.15. The van der Waals surface area contributed by atoms with Gasteiger partial charge in [0.2, 0.25) is 5.91 Å². The van der Waals surface area contributed by atoms with Crippen LogP contribution < -0.4 is 10.1 Å². The molecule has 1 amide bonds. The Labute approximate surface area is 107 Å². The van der Waals surface area contributed by atoms with Crippen molar-refractivity contribution in [2.75, 3.05) is 20.8 Å². The third-order valence-corrected chi connectivity index (χ3v) is 3.28. The van der Waals surface area contributed by atoms with Crippen LogP contribution in [0.5, 0.6) is 5.75 Å². The summed E-state index contributed by atoms with van der Waals surface area (Å²) in [5, 5.41) is 3.01. The van der Waals surface area contributed by atoms with Gasteiger partial charge in [0.1, 0.15) is 12.4 Å². The summed E-state index contributed by atoms with van der Waals surface area (Å²) in [6.07, 6.45) is 3.11. The van der Waals surface area contributed by atoms with Gasteiger partial charge in [-0.25, -0.2) is 0 Å². The fourth-order valence-corrected chi connectivity index (χ4v) is 2.43. The van der Waals surface area contributed by atoms with Crippen LogP contribution in [0.25, 0.3) is 0 Å². The van der Waals surface area contributed by atoms with Crippen molar-refractivity contribution >= 4 is 5.91 Å². The van der Waals surface area contributed by atoms with Gasteiger partial charge >= 0.3 is 0 Å².